The number of benzene rings is 1. The number of imidazole rings is 1. The first-order chi connectivity index (χ1) is 16.0. The van der Waals surface area contributed by atoms with E-state index in [1.807, 2.05) is 11.3 Å². The fourth-order valence-electron chi connectivity index (χ4n) is 4.41. The summed E-state index contributed by atoms with van der Waals surface area (Å²) in [6, 6.07) is 3.83. The summed E-state index contributed by atoms with van der Waals surface area (Å²) < 4.78 is 18.0. The van der Waals surface area contributed by atoms with Crippen LogP contribution in [0.2, 0.25) is 0 Å². The number of ether oxygens (including phenoxy) is 3. The van der Waals surface area contributed by atoms with Crippen LogP contribution >= 0.6 is 11.3 Å². The molecule has 33 heavy (non-hydrogen) atoms. The van der Waals surface area contributed by atoms with Gasteiger partial charge in [0.05, 0.1) is 20.8 Å². The minimum atomic E-state index is -0.333. The molecule has 0 amide bonds. The summed E-state index contributed by atoms with van der Waals surface area (Å²) in [5, 5.41) is 14.1. The Kier molecular flexibility index (Phi) is 6.97. The highest BCUT2D eigenvalue weighted by atomic mass is 32.1. The Bertz CT molecular complexity index is 1120. The Morgan fingerprint density at radius 3 is 2.39 bits per heavy atom. The molecule has 0 spiro atoms. The summed E-state index contributed by atoms with van der Waals surface area (Å²) in [7, 11) is 3.01. The molecule has 0 atom stereocenters. The maximum atomic E-state index is 12.5. The molecule has 3 aromatic rings. The Labute approximate surface area is 197 Å². The van der Waals surface area contributed by atoms with Crippen LogP contribution in [0.15, 0.2) is 12.1 Å². The molecule has 0 radical (unpaired) electrons. The second-order valence-electron chi connectivity index (χ2n) is 8.23. The van der Waals surface area contributed by atoms with E-state index in [0.29, 0.717) is 34.0 Å². The van der Waals surface area contributed by atoms with Crippen LogP contribution in [0.3, 0.4) is 0 Å². The Morgan fingerprint density at radius 1 is 1.18 bits per heavy atom. The van der Waals surface area contributed by atoms with Gasteiger partial charge in [0.25, 0.3) is 0 Å². The van der Waals surface area contributed by atoms with Crippen molar-refractivity contribution in [1.29, 1.82) is 0 Å². The highest BCUT2D eigenvalue weighted by molar-refractivity contribution is 7.19. The van der Waals surface area contributed by atoms with Crippen LogP contribution in [-0.4, -0.2) is 47.3 Å². The quantitative estimate of drug-likeness (QED) is 0.350. The van der Waals surface area contributed by atoms with Gasteiger partial charge in [-0.1, -0.05) is 37.0 Å². The van der Waals surface area contributed by atoms with Gasteiger partial charge in [-0.05, 0) is 38.8 Å². The number of methoxy groups -OCH3 is 2. The molecule has 1 aromatic carbocycles. The van der Waals surface area contributed by atoms with Gasteiger partial charge in [0.15, 0.2) is 16.5 Å². The number of esters is 1. The van der Waals surface area contributed by atoms with Crippen molar-refractivity contribution < 1.29 is 24.1 Å². The lowest BCUT2D eigenvalue weighted by Gasteiger charge is -2.19. The van der Waals surface area contributed by atoms with Gasteiger partial charge in [0, 0.05) is 17.3 Å². The standard InChI is InChI=1S/C24H31N3O5S/c1-5-32-23(29)21-14(2)27-22(25-16-10-8-6-7-9-11-16)19(26-24(27)33-21)15-12-17(30-3)20(28)18(13-15)31-4/h12-13,16,25,28H,5-11H2,1-4H3. The van der Waals surface area contributed by atoms with E-state index in [2.05, 4.69) is 5.32 Å². The number of nitrogens with zero attached hydrogens (tertiary/aromatic N) is 2. The van der Waals surface area contributed by atoms with E-state index < -0.39 is 0 Å². The number of carbonyl (C=O) groups is 1. The largest absolute Gasteiger partial charge is 0.502 e. The molecule has 178 valence electrons. The van der Waals surface area contributed by atoms with Gasteiger partial charge in [-0.15, -0.1) is 0 Å². The molecule has 1 aliphatic carbocycles. The lowest BCUT2D eigenvalue weighted by atomic mass is 10.1. The summed E-state index contributed by atoms with van der Waals surface area (Å²) in [5.74, 6) is 1.07. The van der Waals surface area contributed by atoms with Gasteiger partial charge in [0.2, 0.25) is 5.75 Å². The number of nitrogens with one attached hydrogen (secondary N) is 1. The van der Waals surface area contributed by atoms with E-state index in [1.165, 1.54) is 51.2 Å². The van der Waals surface area contributed by atoms with Gasteiger partial charge in [-0.25, -0.2) is 9.78 Å². The fourth-order valence-corrected chi connectivity index (χ4v) is 5.43. The molecule has 0 aliphatic heterocycles. The van der Waals surface area contributed by atoms with Crippen molar-refractivity contribution in [3.8, 4) is 28.5 Å². The minimum Gasteiger partial charge on any atom is -0.502 e. The molecule has 2 heterocycles. The zero-order valence-corrected chi connectivity index (χ0v) is 20.4. The maximum absolute atomic E-state index is 12.5. The molecule has 2 aromatic heterocycles. The number of fused-ring (bicyclic) bond motifs is 1. The SMILES string of the molecule is CCOC(=O)c1sc2nc(-c3cc(OC)c(O)c(OC)c3)c(NC3CCCCCC3)n2c1C. The van der Waals surface area contributed by atoms with Gasteiger partial charge in [0.1, 0.15) is 16.4 Å². The zero-order chi connectivity index (χ0) is 23.5. The molecule has 1 fully saturated rings. The van der Waals surface area contributed by atoms with Crippen molar-refractivity contribution in [1.82, 2.24) is 9.38 Å². The summed E-state index contributed by atoms with van der Waals surface area (Å²) in [6.45, 7) is 4.04. The molecule has 0 unspecified atom stereocenters. The molecular weight excluding hydrogens is 442 g/mol. The predicted molar refractivity (Wildman–Crippen MR) is 129 cm³/mol. The first kappa shape index (κ1) is 23.2. The normalized spacial score (nSPS) is 14.8. The van der Waals surface area contributed by atoms with Gasteiger partial charge >= 0.3 is 5.97 Å². The second-order valence-corrected chi connectivity index (χ2v) is 9.20. The third-order valence-corrected chi connectivity index (χ3v) is 7.24. The average Bonchev–Trinajstić information content (AvgIpc) is 3.19. The molecule has 4 rings (SSSR count). The number of phenolic OH excluding ortho intramolecular Hbond substituents is 1. The summed E-state index contributed by atoms with van der Waals surface area (Å²) >= 11 is 1.32. The lowest BCUT2D eigenvalue weighted by Crippen LogP contribution is -2.20. The average molecular weight is 474 g/mol. The van der Waals surface area contributed by atoms with Crippen LogP contribution in [0.5, 0.6) is 17.2 Å². The van der Waals surface area contributed by atoms with E-state index in [4.69, 9.17) is 19.2 Å². The van der Waals surface area contributed by atoms with E-state index >= 15 is 0 Å². The van der Waals surface area contributed by atoms with Crippen LogP contribution in [-0.2, 0) is 4.74 Å². The summed E-state index contributed by atoms with van der Waals surface area (Å²) in [5.41, 5.74) is 2.27. The molecular formula is C24H31N3O5S. The number of hydrogen-bond donors (Lipinski definition) is 2. The van der Waals surface area contributed by atoms with Crippen LogP contribution in [0.1, 0.15) is 60.8 Å². The van der Waals surface area contributed by atoms with Crippen LogP contribution in [0, 0.1) is 6.92 Å². The Balaban J connectivity index is 1.87. The topological polar surface area (TPSA) is 94.3 Å². The maximum Gasteiger partial charge on any atom is 0.350 e. The van der Waals surface area contributed by atoms with Gasteiger partial charge in [-0.3, -0.25) is 4.40 Å². The lowest BCUT2D eigenvalue weighted by molar-refractivity contribution is 0.0531. The number of anilines is 1. The number of hydrogen-bond acceptors (Lipinski definition) is 8. The third-order valence-electron chi connectivity index (χ3n) is 6.11. The van der Waals surface area contributed by atoms with Crippen molar-refractivity contribution in [2.45, 2.75) is 58.4 Å². The number of rotatable bonds is 7. The number of thiazole rings is 1. The highest BCUT2D eigenvalue weighted by Crippen LogP contribution is 2.43. The number of aromatic hydroxyl groups is 1. The number of phenols is 1. The first-order valence-corrected chi connectivity index (χ1v) is 12.2. The predicted octanol–water partition coefficient (Wildman–Crippen LogP) is 5.41. The molecule has 0 saturated heterocycles. The van der Waals surface area contributed by atoms with E-state index in [1.54, 1.807) is 19.1 Å². The molecule has 1 saturated carbocycles. The van der Waals surface area contributed by atoms with Crippen LogP contribution in [0.4, 0.5) is 5.82 Å². The molecule has 2 N–H and O–H groups in total. The first-order valence-electron chi connectivity index (χ1n) is 11.4. The van der Waals surface area contributed by atoms with E-state index in [-0.39, 0.29) is 11.7 Å². The summed E-state index contributed by atoms with van der Waals surface area (Å²) in [6.07, 6.45) is 7.05. The van der Waals surface area contributed by atoms with Crippen molar-refractivity contribution in [2.75, 3.05) is 26.1 Å². The van der Waals surface area contributed by atoms with Crippen molar-refractivity contribution >= 4 is 28.1 Å². The number of carbonyl (C=O) groups excluding carboxylic acids is 1. The van der Waals surface area contributed by atoms with Gasteiger partial charge in [-0.2, -0.15) is 0 Å². The number of aromatic nitrogens is 2. The highest BCUT2D eigenvalue weighted by Gasteiger charge is 2.26. The smallest absolute Gasteiger partial charge is 0.350 e. The Hall–Kier alpha value is -2.94. The van der Waals surface area contributed by atoms with Crippen molar-refractivity contribution in [3.05, 3.63) is 22.7 Å². The van der Waals surface area contributed by atoms with E-state index in [0.717, 1.165) is 35.6 Å². The van der Waals surface area contributed by atoms with E-state index in [9.17, 15) is 9.90 Å². The molecule has 0 bridgehead atoms. The van der Waals surface area contributed by atoms with Crippen LogP contribution in [0.25, 0.3) is 16.2 Å². The van der Waals surface area contributed by atoms with Crippen LogP contribution < -0.4 is 14.8 Å². The van der Waals surface area contributed by atoms with Gasteiger partial charge < -0.3 is 24.6 Å². The molecule has 8 nitrogen and oxygen atoms in total. The minimum absolute atomic E-state index is 0.0520. The fraction of sp³-hybridized carbons (Fsp3) is 0.500. The monoisotopic (exact) mass is 473 g/mol. The van der Waals surface area contributed by atoms with Crippen molar-refractivity contribution in [3.63, 3.8) is 0 Å². The summed E-state index contributed by atoms with van der Waals surface area (Å²) in [4.78, 5) is 18.7. The zero-order valence-electron chi connectivity index (χ0n) is 19.6. The Morgan fingerprint density at radius 2 is 1.82 bits per heavy atom. The number of aryl methyl sites for hydroxylation is 1. The van der Waals surface area contributed by atoms with Crippen molar-refractivity contribution in [2.24, 2.45) is 0 Å². The third kappa shape index (κ3) is 4.46. The molecule has 1 aliphatic rings. The molecule has 9 heteroatoms. The second kappa shape index (κ2) is 9.91.